The van der Waals surface area contributed by atoms with Crippen molar-refractivity contribution in [2.24, 2.45) is 0 Å². The van der Waals surface area contributed by atoms with Crippen LogP contribution in [-0.2, 0) is 6.54 Å². The number of hydrogen-bond donors (Lipinski definition) is 2. The lowest BCUT2D eigenvalue weighted by Gasteiger charge is -2.10. The van der Waals surface area contributed by atoms with Crippen molar-refractivity contribution >= 4 is 40.6 Å². The molecule has 0 radical (unpaired) electrons. The van der Waals surface area contributed by atoms with Crippen molar-refractivity contribution in [2.75, 3.05) is 10.6 Å². The van der Waals surface area contributed by atoms with Crippen LogP contribution >= 0.6 is 23.2 Å². The van der Waals surface area contributed by atoms with Gasteiger partial charge in [0.2, 0.25) is 0 Å². The van der Waals surface area contributed by atoms with Crippen LogP contribution in [0, 0.1) is 6.92 Å². The predicted molar refractivity (Wildman–Crippen MR) is 105 cm³/mol. The molecule has 0 saturated carbocycles. The summed E-state index contributed by atoms with van der Waals surface area (Å²) in [6.07, 6.45) is 0. The van der Waals surface area contributed by atoms with Gasteiger partial charge in [0.1, 0.15) is 17.3 Å². The number of amides is 1. The number of hydrogen-bond acceptors (Lipinski definition) is 4. The van der Waals surface area contributed by atoms with Crippen molar-refractivity contribution in [3.05, 3.63) is 81.7 Å². The summed E-state index contributed by atoms with van der Waals surface area (Å²) in [5.41, 5.74) is 1.83. The Hall–Kier alpha value is -2.63. The molecular weight excluding hydrogens is 371 g/mol. The number of carbonyl (C=O) groups is 1. The van der Waals surface area contributed by atoms with Crippen LogP contribution in [0.2, 0.25) is 10.0 Å². The lowest BCUT2D eigenvalue weighted by atomic mass is 10.2. The third-order valence-electron chi connectivity index (χ3n) is 3.57. The van der Waals surface area contributed by atoms with Gasteiger partial charge >= 0.3 is 0 Å². The van der Waals surface area contributed by atoms with Gasteiger partial charge in [-0.05, 0) is 30.7 Å². The second kappa shape index (κ2) is 8.17. The van der Waals surface area contributed by atoms with Gasteiger partial charge in [-0.1, -0.05) is 53.5 Å². The van der Waals surface area contributed by atoms with E-state index in [1.807, 2.05) is 30.3 Å². The molecule has 0 aliphatic heterocycles. The molecule has 0 aliphatic carbocycles. The number of rotatable bonds is 5. The summed E-state index contributed by atoms with van der Waals surface area (Å²) >= 11 is 12.0. The molecule has 5 nitrogen and oxygen atoms in total. The third-order valence-corrected chi connectivity index (χ3v) is 4.11. The summed E-state index contributed by atoms with van der Waals surface area (Å²) in [6, 6.07) is 16.4. The molecule has 0 bridgehead atoms. The molecule has 0 aliphatic rings. The minimum absolute atomic E-state index is 0.249. The predicted octanol–water partition coefficient (Wildman–Crippen LogP) is 4.96. The maximum Gasteiger partial charge on any atom is 0.274 e. The van der Waals surface area contributed by atoms with E-state index in [-0.39, 0.29) is 11.6 Å². The lowest BCUT2D eigenvalue weighted by molar-refractivity contribution is 0.102. The van der Waals surface area contributed by atoms with Gasteiger partial charge < -0.3 is 10.6 Å². The van der Waals surface area contributed by atoms with E-state index >= 15 is 0 Å². The van der Waals surface area contributed by atoms with Crippen molar-refractivity contribution in [3.63, 3.8) is 0 Å². The Morgan fingerprint density at radius 2 is 1.81 bits per heavy atom. The molecule has 2 N–H and O–H groups in total. The van der Waals surface area contributed by atoms with Gasteiger partial charge in [0, 0.05) is 17.6 Å². The molecule has 1 heterocycles. The van der Waals surface area contributed by atoms with Crippen molar-refractivity contribution in [2.45, 2.75) is 13.5 Å². The first kappa shape index (κ1) is 18.2. The van der Waals surface area contributed by atoms with E-state index in [0.29, 0.717) is 33.9 Å². The fourth-order valence-electron chi connectivity index (χ4n) is 2.34. The van der Waals surface area contributed by atoms with Gasteiger partial charge in [-0.25, -0.2) is 9.97 Å². The summed E-state index contributed by atoms with van der Waals surface area (Å²) in [5, 5.41) is 6.80. The van der Waals surface area contributed by atoms with Crippen molar-refractivity contribution in [1.82, 2.24) is 9.97 Å². The van der Waals surface area contributed by atoms with Crippen LogP contribution in [0.1, 0.15) is 21.9 Å². The van der Waals surface area contributed by atoms with E-state index < -0.39 is 0 Å². The van der Waals surface area contributed by atoms with Gasteiger partial charge in [-0.2, -0.15) is 0 Å². The summed E-state index contributed by atoms with van der Waals surface area (Å²) in [7, 11) is 0. The van der Waals surface area contributed by atoms with Gasteiger partial charge in [-0.15, -0.1) is 0 Å². The Kier molecular flexibility index (Phi) is 5.71. The smallest absolute Gasteiger partial charge is 0.274 e. The maximum absolute atomic E-state index is 12.5. The quantitative estimate of drug-likeness (QED) is 0.650. The number of benzene rings is 2. The highest BCUT2D eigenvalue weighted by Crippen LogP contribution is 2.25. The average molecular weight is 387 g/mol. The largest absolute Gasteiger partial charge is 0.366 e. The first-order chi connectivity index (χ1) is 12.5. The van der Waals surface area contributed by atoms with Crippen molar-refractivity contribution < 1.29 is 4.79 Å². The number of nitrogens with one attached hydrogen (secondary N) is 2. The van der Waals surface area contributed by atoms with E-state index in [0.717, 1.165) is 5.56 Å². The molecule has 7 heteroatoms. The van der Waals surface area contributed by atoms with E-state index in [1.165, 1.54) is 0 Å². The molecule has 1 amide bonds. The van der Waals surface area contributed by atoms with E-state index in [9.17, 15) is 4.79 Å². The number of halogens is 2. The second-order valence-electron chi connectivity index (χ2n) is 5.60. The van der Waals surface area contributed by atoms with E-state index in [2.05, 4.69) is 20.6 Å². The fraction of sp³-hybridized carbons (Fsp3) is 0.105. The monoisotopic (exact) mass is 386 g/mol. The zero-order chi connectivity index (χ0) is 18.5. The van der Waals surface area contributed by atoms with Crippen LogP contribution in [0.4, 0.5) is 11.5 Å². The molecule has 1 aromatic heterocycles. The Morgan fingerprint density at radius 1 is 1.04 bits per heavy atom. The molecular formula is C19H16Cl2N4O. The van der Waals surface area contributed by atoms with Gasteiger partial charge in [0.05, 0.1) is 10.7 Å². The minimum Gasteiger partial charge on any atom is -0.366 e. The number of aromatic nitrogens is 2. The summed E-state index contributed by atoms with van der Waals surface area (Å²) in [6.45, 7) is 2.33. The van der Waals surface area contributed by atoms with Gasteiger partial charge in [-0.3, -0.25) is 4.79 Å². The van der Waals surface area contributed by atoms with Crippen LogP contribution < -0.4 is 10.6 Å². The first-order valence-electron chi connectivity index (χ1n) is 7.91. The number of aryl methyl sites for hydroxylation is 1. The zero-order valence-electron chi connectivity index (χ0n) is 14.0. The van der Waals surface area contributed by atoms with Crippen LogP contribution in [0.15, 0.2) is 54.6 Å². The van der Waals surface area contributed by atoms with E-state index in [4.69, 9.17) is 23.2 Å². The molecule has 3 rings (SSSR count). The lowest BCUT2D eigenvalue weighted by Crippen LogP contribution is -2.16. The number of anilines is 2. The molecule has 0 saturated heterocycles. The van der Waals surface area contributed by atoms with Crippen LogP contribution in [0.3, 0.4) is 0 Å². The maximum atomic E-state index is 12.5. The first-order valence-corrected chi connectivity index (χ1v) is 8.67. The van der Waals surface area contributed by atoms with Gasteiger partial charge in [0.25, 0.3) is 5.91 Å². The minimum atomic E-state index is -0.373. The summed E-state index contributed by atoms with van der Waals surface area (Å²) in [4.78, 5) is 21.0. The summed E-state index contributed by atoms with van der Waals surface area (Å²) in [5.74, 6) is 0.701. The molecule has 2 aromatic carbocycles. The molecule has 132 valence electrons. The van der Waals surface area contributed by atoms with Crippen molar-refractivity contribution in [3.8, 4) is 0 Å². The fourth-order valence-corrected chi connectivity index (χ4v) is 2.80. The van der Waals surface area contributed by atoms with E-state index in [1.54, 1.807) is 31.2 Å². The molecule has 0 fully saturated rings. The molecule has 26 heavy (non-hydrogen) atoms. The van der Waals surface area contributed by atoms with Crippen LogP contribution in [0.5, 0.6) is 0 Å². The normalized spacial score (nSPS) is 10.4. The average Bonchev–Trinajstić information content (AvgIpc) is 2.63. The highest BCUT2D eigenvalue weighted by atomic mass is 35.5. The second-order valence-corrected chi connectivity index (χ2v) is 6.45. The SMILES string of the molecule is Cc1nc(NCc2ccccc2)cc(C(=O)Nc2ccc(Cl)cc2Cl)n1. The standard InChI is InChI=1S/C19H16Cl2N4O/c1-12-23-17(19(26)25-16-8-7-14(20)9-15(16)21)10-18(24-12)22-11-13-5-3-2-4-6-13/h2-10H,11H2,1H3,(H,25,26)(H,22,23,24). The van der Waals surface area contributed by atoms with Crippen LogP contribution in [-0.4, -0.2) is 15.9 Å². The molecule has 3 aromatic rings. The van der Waals surface area contributed by atoms with Crippen molar-refractivity contribution in [1.29, 1.82) is 0 Å². The van der Waals surface area contributed by atoms with Crippen LogP contribution in [0.25, 0.3) is 0 Å². The molecule has 0 spiro atoms. The number of carbonyl (C=O) groups excluding carboxylic acids is 1. The highest BCUT2D eigenvalue weighted by molar-refractivity contribution is 6.36. The van der Waals surface area contributed by atoms with Gasteiger partial charge in [0.15, 0.2) is 0 Å². The molecule has 0 atom stereocenters. The Balaban J connectivity index is 1.75. The Morgan fingerprint density at radius 3 is 2.54 bits per heavy atom. The Bertz CT molecular complexity index is 932. The Labute approximate surface area is 161 Å². The highest BCUT2D eigenvalue weighted by Gasteiger charge is 2.13. The third kappa shape index (κ3) is 4.71. The zero-order valence-corrected chi connectivity index (χ0v) is 15.5. The number of nitrogens with zero attached hydrogens (tertiary/aromatic N) is 2. The molecule has 0 unspecified atom stereocenters. The summed E-state index contributed by atoms with van der Waals surface area (Å²) < 4.78 is 0. The topological polar surface area (TPSA) is 66.9 Å².